The number of rotatable bonds is 6. The molecule has 1 aliphatic heterocycles. The Morgan fingerprint density at radius 3 is 2.76 bits per heavy atom. The number of aryl methyl sites for hydroxylation is 1. The van der Waals surface area contributed by atoms with Crippen molar-refractivity contribution >= 4 is 11.6 Å². The van der Waals surface area contributed by atoms with E-state index in [9.17, 15) is 4.79 Å². The zero-order chi connectivity index (χ0) is 17.8. The summed E-state index contributed by atoms with van der Waals surface area (Å²) >= 11 is 0. The van der Waals surface area contributed by atoms with Gasteiger partial charge in [0.05, 0.1) is 6.54 Å². The van der Waals surface area contributed by atoms with Crippen LogP contribution in [0, 0.1) is 13.8 Å². The van der Waals surface area contributed by atoms with Crippen molar-refractivity contribution in [3.05, 3.63) is 53.1 Å². The van der Waals surface area contributed by atoms with Gasteiger partial charge in [0, 0.05) is 12.2 Å². The van der Waals surface area contributed by atoms with E-state index < -0.39 is 0 Å². The summed E-state index contributed by atoms with van der Waals surface area (Å²) in [5.74, 6) is 1.55. The van der Waals surface area contributed by atoms with Crippen LogP contribution < -0.4 is 14.8 Å². The summed E-state index contributed by atoms with van der Waals surface area (Å²) in [6.45, 7) is 8.21. The van der Waals surface area contributed by atoms with Crippen LogP contribution in [0.25, 0.3) is 0 Å². The Bertz CT molecular complexity index is 774. The van der Waals surface area contributed by atoms with Crippen LogP contribution in [0.3, 0.4) is 0 Å². The monoisotopic (exact) mass is 340 g/mol. The van der Waals surface area contributed by atoms with Gasteiger partial charge in [0.1, 0.15) is 0 Å². The molecule has 1 amide bonds. The predicted molar refractivity (Wildman–Crippen MR) is 98.1 cm³/mol. The van der Waals surface area contributed by atoms with Gasteiger partial charge in [0.15, 0.2) is 11.5 Å². The molecule has 0 fully saturated rings. The van der Waals surface area contributed by atoms with Crippen LogP contribution in [-0.2, 0) is 11.3 Å². The molecule has 132 valence electrons. The van der Waals surface area contributed by atoms with Gasteiger partial charge in [-0.05, 0) is 55.3 Å². The van der Waals surface area contributed by atoms with Crippen LogP contribution in [0.15, 0.2) is 36.4 Å². The second kappa shape index (κ2) is 7.57. The van der Waals surface area contributed by atoms with Crippen molar-refractivity contribution in [2.24, 2.45) is 0 Å². The number of carbonyl (C=O) groups excluding carboxylic acids is 1. The molecule has 5 heteroatoms. The number of carbonyl (C=O) groups is 1. The minimum atomic E-state index is -0.00343. The van der Waals surface area contributed by atoms with E-state index in [4.69, 9.17) is 9.47 Å². The van der Waals surface area contributed by atoms with Gasteiger partial charge < -0.3 is 14.8 Å². The first kappa shape index (κ1) is 17.3. The molecule has 0 spiro atoms. The Morgan fingerprint density at radius 2 is 1.96 bits per heavy atom. The van der Waals surface area contributed by atoms with E-state index in [-0.39, 0.29) is 12.7 Å². The average Bonchev–Trinajstić information content (AvgIpc) is 3.06. The lowest BCUT2D eigenvalue weighted by molar-refractivity contribution is -0.117. The largest absolute Gasteiger partial charge is 0.454 e. The Hall–Kier alpha value is -2.53. The highest BCUT2D eigenvalue weighted by atomic mass is 16.7. The molecule has 0 atom stereocenters. The molecule has 0 saturated carbocycles. The normalized spacial score (nSPS) is 12.5. The summed E-state index contributed by atoms with van der Waals surface area (Å²) in [5.41, 5.74) is 4.26. The highest BCUT2D eigenvalue weighted by molar-refractivity contribution is 5.93. The fourth-order valence-corrected chi connectivity index (χ4v) is 2.86. The zero-order valence-electron chi connectivity index (χ0n) is 15.0. The first-order valence-electron chi connectivity index (χ1n) is 8.53. The number of hydrogen-bond acceptors (Lipinski definition) is 4. The third-order valence-corrected chi connectivity index (χ3v) is 4.54. The van der Waals surface area contributed by atoms with E-state index in [0.717, 1.165) is 34.9 Å². The molecular weight excluding hydrogens is 316 g/mol. The Kier molecular flexibility index (Phi) is 5.24. The number of nitrogens with zero attached hydrogens (tertiary/aromatic N) is 1. The molecule has 0 aromatic heterocycles. The topological polar surface area (TPSA) is 50.8 Å². The Balaban J connectivity index is 1.61. The lowest BCUT2D eigenvalue weighted by Crippen LogP contribution is -2.32. The fourth-order valence-electron chi connectivity index (χ4n) is 2.86. The summed E-state index contributed by atoms with van der Waals surface area (Å²) in [5, 5.41) is 3.02. The molecule has 1 N–H and O–H groups in total. The molecule has 0 radical (unpaired) electrons. The van der Waals surface area contributed by atoms with Crippen molar-refractivity contribution in [1.82, 2.24) is 4.90 Å². The Morgan fingerprint density at radius 1 is 1.16 bits per heavy atom. The molecule has 0 bridgehead atoms. The van der Waals surface area contributed by atoms with Crippen molar-refractivity contribution in [2.45, 2.75) is 27.3 Å². The smallest absolute Gasteiger partial charge is 0.238 e. The highest BCUT2D eigenvalue weighted by Gasteiger charge is 2.16. The van der Waals surface area contributed by atoms with Crippen LogP contribution in [0.5, 0.6) is 11.5 Å². The second-order valence-electron chi connectivity index (χ2n) is 6.29. The molecule has 0 saturated heterocycles. The van der Waals surface area contributed by atoms with Gasteiger partial charge in [0.25, 0.3) is 0 Å². The van der Waals surface area contributed by atoms with Crippen LogP contribution in [0.1, 0.15) is 23.6 Å². The van der Waals surface area contributed by atoms with Crippen molar-refractivity contribution in [3.8, 4) is 11.5 Å². The number of benzene rings is 2. The maximum Gasteiger partial charge on any atom is 0.238 e. The third-order valence-electron chi connectivity index (χ3n) is 4.54. The number of hydrogen-bond donors (Lipinski definition) is 1. The molecule has 0 aliphatic carbocycles. The molecule has 3 rings (SSSR count). The minimum absolute atomic E-state index is 0.00343. The highest BCUT2D eigenvalue weighted by Crippen LogP contribution is 2.32. The Labute approximate surface area is 148 Å². The number of nitrogens with one attached hydrogen (secondary N) is 1. The van der Waals surface area contributed by atoms with E-state index in [1.807, 2.05) is 50.2 Å². The summed E-state index contributed by atoms with van der Waals surface area (Å²) in [6.07, 6.45) is 0. The van der Waals surface area contributed by atoms with Gasteiger partial charge in [0.2, 0.25) is 12.7 Å². The van der Waals surface area contributed by atoms with E-state index >= 15 is 0 Å². The van der Waals surface area contributed by atoms with E-state index in [2.05, 4.69) is 17.1 Å². The van der Waals surface area contributed by atoms with Crippen LogP contribution in [-0.4, -0.2) is 30.7 Å². The van der Waals surface area contributed by atoms with Crippen molar-refractivity contribution in [1.29, 1.82) is 0 Å². The van der Waals surface area contributed by atoms with Gasteiger partial charge in [-0.2, -0.15) is 0 Å². The summed E-state index contributed by atoms with van der Waals surface area (Å²) in [4.78, 5) is 14.5. The minimum Gasteiger partial charge on any atom is -0.454 e. The molecular formula is C20H24N2O3. The molecule has 1 aliphatic rings. The van der Waals surface area contributed by atoms with Gasteiger partial charge in [-0.1, -0.05) is 25.1 Å². The van der Waals surface area contributed by atoms with Crippen molar-refractivity contribution in [3.63, 3.8) is 0 Å². The fraction of sp³-hybridized carbons (Fsp3) is 0.350. The van der Waals surface area contributed by atoms with Crippen molar-refractivity contribution in [2.75, 3.05) is 25.2 Å². The summed E-state index contributed by atoms with van der Waals surface area (Å²) in [6, 6.07) is 11.9. The number of ether oxygens (including phenoxy) is 2. The number of amides is 1. The number of anilines is 1. The first-order chi connectivity index (χ1) is 12.1. The maximum absolute atomic E-state index is 12.4. The molecule has 5 nitrogen and oxygen atoms in total. The average molecular weight is 340 g/mol. The quantitative estimate of drug-likeness (QED) is 0.874. The lowest BCUT2D eigenvalue weighted by atomic mass is 10.1. The number of likely N-dealkylation sites (N-methyl/N-ethyl adjacent to an activating group) is 1. The standard InChI is InChI=1S/C20H24N2O3/c1-4-22(11-16-8-9-18-19(10-16)25-13-24-18)12-20(23)21-17-7-5-6-14(2)15(17)3/h5-10H,4,11-13H2,1-3H3,(H,21,23). The van der Waals surface area contributed by atoms with Gasteiger partial charge in [-0.15, -0.1) is 0 Å². The molecule has 1 heterocycles. The van der Waals surface area contributed by atoms with Crippen LogP contribution in [0.4, 0.5) is 5.69 Å². The lowest BCUT2D eigenvalue weighted by Gasteiger charge is -2.20. The van der Waals surface area contributed by atoms with Gasteiger partial charge >= 0.3 is 0 Å². The maximum atomic E-state index is 12.4. The van der Waals surface area contributed by atoms with E-state index in [0.29, 0.717) is 13.1 Å². The van der Waals surface area contributed by atoms with Crippen LogP contribution in [0.2, 0.25) is 0 Å². The number of fused-ring (bicyclic) bond motifs is 1. The molecule has 25 heavy (non-hydrogen) atoms. The summed E-state index contributed by atoms with van der Waals surface area (Å²) < 4.78 is 10.8. The van der Waals surface area contributed by atoms with E-state index in [1.54, 1.807) is 0 Å². The predicted octanol–water partition coefficient (Wildman–Crippen LogP) is 3.49. The van der Waals surface area contributed by atoms with Gasteiger partial charge in [-0.3, -0.25) is 9.69 Å². The zero-order valence-corrected chi connectivity index (χ0v) is 15.0. The SMILES string of the molecule is CCN(CC(=O)Nc1cccc(C)c1C)Cc1ccc2c(c1)OCO2. The third kappa shape index (κ3) is 4.12. The van der Waals surface area contributed by atoms with E-state index in [1.165, 1.54) is 5.56 Å². The molecule has 2 aromatic carbocycles. The molecule has 2 aromatic rings. The first-order valence-corrected chi connectivity index (χ1v) is 8.53. The van der Waals surface area contributed by atoms with Crippen LogP contribution >= 0.6 is 0 Å². The van der Waals surface area contributed by atoms with Gasteiger partial charge in [-0.25, -0.2) is 0 Å². The second-order valence-corrected chi connectivity index (χ2v) is 6.29. The van der Waals surface area contributed by atoms with Crippen molar-refractivity contribution < 1.29 is 14.3 Å². The molecule has 0 unspecified atom stereocenters. The summed E-state index contributed by atoms with van der Waals surface area (Å²) in [7, 11) is 0.